The van der Waals surface area contributed by atoms with Gasteiger partial charge in [0.25, 0.3) is 0 Å². The first-order valence-corrected chi connectivity index (χ1v) is 8.09. The molecule has 1 aromatic carbocycles. The summed E-state index contributed by atoms with van der Waals surface area (Å²) >= 11 is 0. The number of nitrogens with zero attached hydrogens (tertiary/aromatic N) is 1. The molecule has 0 bridgehead atoms. The van der Waals surface area contributed by atoms with Crippen molar-refractivity contribution in [2.24, 2.45) is 5.92 Å². The van der Waals surface area contributed by atoms with E-state index in [1.807, 2.05) is 45.0 Å². The maximum Gasteiger partial charge on any atom is 0.407 e. The van der Waals surface area contributed by atoms with E-state index >= 15 is 0 Å². The van der Waals surface area contributed by atoms with Crippen LogP contribution in [0.4, 0.5) is 10.5 Å². The van der Waals surface area contributed by atoms with Gasteiger partial charge < -0.3 is 15.4 Å². The number of ether oxygens (including phenoxy) is 1. The molecule has 2 atom stereocenters. The molecule has 0 spiro atoms. The fourth-order valence-corrected chi connectivity index (χ4v) is 2.79. The maximum absolute atomic E-state index is 11.8. The van der Waals surface area contributed by atoms with Gasteiger partial charge in [0.2, 0.25) is 0 Å². The lowest BCUT2D eigenvalue weighted by Crippen LogP contribution is -2.38. The largest absolute Gasteiger partial charge is 0.444 e. The molecule has 124 valence electrons. The van der Waals surface area contributed by atoms with E-state index in [0.717, 1.165) is 31.5 Å². The number of hydrogen-bond acceptors (Lipinski definition) is 4. The van der Waals surface area contributed by atoms with E-state index in [1.54, 1.807) is 0 Å². The average molecular weight is 315 g/mol. The minimum absolute atomic E-state index is 0.192. The highest BCUT2D eigenvalue weighted by Gasteiger charge is 2.27. The number of nitrogens with one attached hydrogen (secondary N) is 2. The molecule has 23 heavy (non-hydrogen) atoms. The highest BCUT2D eigenvalue weighted by Crippen LogP contribution is 2.26. The van der Waals surface area contributed by atoms with Gasteiger partial charge in [0.15, 0.2) is 0 Å². The van der Waals surface area contributed by atoms with Crippen LogP contribution in [0.3, 0.4) is 0 Å². The zero-order valence-electron chi connectivity index (χ0n) is 14.1. The molecule has 1 aliphatic rings. The Labute approximate surface area is 138 Å². The summed E-state index contributed by atoms with van der Waals surface area (Å²) in [7, 11) is 0. The number of benzene rings is 1. The Balaban J connectivity index is 1.73. The van der Waals surface area contributed by atoms with E-state index in [9.17, 15) is 4.79 Å². The molecule has 0 aliphatic heterocycles. The smallest absolute Gasteiger partial charge is 0.407 e. The summed E-state index contributed by atoms with van der Waals surface area (Å²) in [5.74, 6) is 0.533. The Morgan fingerprint density at radius 1 is 1.30 bits per heavy atom. The fraction of sp³-hybridized carbons (Fsp3) is 0.556. The van der Waals surface area contributed by atoms with Crippen LogP contribution in [0.2, 0.25) is 0 Å². The van der Waals surface area contributed by atoms with Crippen LogP contribution in [0.25, 0.3) is 0 Å². The van der Waals surface area contributed by atoms with Crippen LogP contribution in [-0.2, 0) is 4.74 Å². The molecule has 2 N–H and O–H groups in total. The second-order valence-corrected chi connectivity index (χ2v) is 7.09. The second-order valence-electron chi connectivity index (χ2n) is 7.09. The molecule has 2 rings (SSSR count). The Hall–Kier alpha value is -2.22. The Bertz CT molecular complexity index is 569. The standard InChI is InChI=1S/C18H25N3O2/c1-18(2,3)23-17(22)21-16-9-6-14(10-16)12-20-15-7-4-13(11-19)5-8-15/h4-5,7-8,14,16,20H,6,9-10,12H2,1-3H3,(H,21,22)/t14-,16+/m0/s1. The van der Waals surface area contributed by atoms with E-state index in [4.69, 9.17) is 10.00 Å². The summed E-state index contributed by atoms with van der Waals surface area (Å²) in [5.41, 5.74) is 1.23. The van der Waals surface area contributed by atoms with Crippen LogP contribution >= 0.6 is 0 Å². The summed E-state index contributed by atoms with van der Waals surface area (Å²) in [6, 6.07) is 9.76. The Morgan fingerprint density at radius 3 is 2.61 bits per heavy atom. The Kier molecular flexibility index (Phi) is 5.49. The maximum atomic E-state index is 11.8. The van der Waals surface area contributed by atoms with Crippen LogP contribution in [0.15, 0.2) is 24.3 Å². The van der Waals surface area contributed by atoms with Gasteiger partial charge in [0.05, 0.1) is 11.6 Å². The molecule has 0 heterocycles. The molecule has 5 heteroatoms. The van der Waals surface area contributed by atoms with Crippen LogP contribution in [-0.4, -0.2) is 24.3 Å². The van der Waals surface area contributed by atoms with Gasteiger partial charge >= 0.3 is 6.09 Å². The van der Waals surface area contributed by atoms with Crippen molar-refractivity contribution < 1.29 is 9.53 Å². The van der Waals surface area contributed by atoms with Gasteiger partial charge in [0, 0.05) is 18.3 Å². The normalized spacial score (nSPS) is 20.6. The minimum Gasteiger partial charge on any atom is -0.444 e. The lowest BCUT2D eigenvalue weighted by atomic mass is 10.1. The third kappa shape index (κ3) is 5.82. The van der Waals surface area contributed by atoms with Crippen molar-refractivity contribution >= 4 is 11.8 Å². The number of anilines is 1. The molecule has 1 aliphatic carbocycles. The monoisotopic (exact) mass is 315 g/mol. The van der Waals surface area contributed by atoms with Crippen molar-refractivity contribution in [3.05, 3.63) is 29.8 Å². The first-order chi connectivity index (χ1) is 10.9. The number of carbonyl (C=O) groups is 1. The molecule has 0 aromatic heterocycles. The first kappa shape index (κ1) is 17.1. The molecule has 1 fully saturated rings. The predicted octanol–water partition coefficient (Wildman–Crippen LogP) is 3.66. The van der Waals surface area contributed by atoms with Gasteiger partial charge in [-0.1, -0.05) is 0 Å². The third-order valence-corrected chi connectivity index (χ3v) is 3.87. The number of nitriles is 1. The second kappa shape index (κ2) is 7.36. The number of amides is 1. The lowest BCUT2D eigenvalue weighted by molar-refractivity contribution is 0.0505. The highest BCUT2D eigenvalue weighted by molar-refractivity contribution is 5.68. The quantitative estimate of drug-likeness (QED) is 0.889. The summed E-state index contributed by atoms with van der Waals surface area (Å²) in [5, 5.41) is 15.1. The van der Waals surface area contributed by atoms with Gasteiger partial charge in [-0.25, -0.2) is 4.79 Å². The van der Waals surface area contributed by atoms with Crippen molar-refractivity contribution in [1.29, 1.82) is 5.26 Å². The molecule has 1 amide bonds. The molecular formula is C18H25N3O2. The van der Waals surface area contributed by atoms with Gasteiger partial charge in [-0.15, -0.1) is 0 Å². The summed E-state index contributed by atoms with van der Waals surface area (Å²) in [6.45, 7) is 6.47. The summed E-state index contributed by atoms with van der Waals surface area (Å²) in [6.07, 6.45) is 2.70. The molecule has 0 radical (unpaired) electrons. The van der Waals surface area contributed by atoms with E-state index in [0.29, 0.717) is 11.5 Å². The van der Waals surface area contributed by atoms with Crippen molar-refractivity contribution in [2.75, 3.05) is 11.9 Å². The topological polar surface area (TPSA) is 74.2 Å². The predicted molar refractivity (Wildman–Crippen MR) is 90.1 cm³/mol. The lowest BCUT2D eigenvalue weighted by Gasteiger charge is -2.21. The molecule has 1 saturated carbocycles. The van der Waals surface area contributed by atoms with Crippen molar-refractivity contribution in [2.45, 2.75) is 51.7 Å². The number of rotatable bonds is 4. The highest BCUT2D eigenvalue weighted by atomic mass is 16.6. The third-order valence-electron chi connectivity index (χ3n) is 3.87. The Morgan fingerprint density at radius 2 is 2.00 bits per heavy atom. The average Bonchev–Trinajstić information content (AvgIpc) is 2.91. The summed E-state index contributed by atoms with van der Waals surface area (Å²) in [4.78, 5) is 11.8. The van der Waals surface area contributed by atoms with E-state index in [1.165, 1.54) is 0 Å². The first-order valence-electron chi connectivity index (χ1n) is 8.09. The van der Waals surface area contributed by atoms with Crippen LogP contribution < -0.4 is 10.6 Å². The van der Waals surface area contributed by atoms with Crippen LogP contribution in [0.5, 0.6) is 0 Å². The number of hydrogen-bond donors (Lipinski definition) is 2. The van der Waals surface area contributed by atoms with E-state index in [-0.39, 0.29) is 12.1 Å². The molecule has 0 unspecified atom stereocenters. The SMILES string of the molecule is CC(C)(C)OC(=O)N[C@@H]1CC[C@H](CNc2ccc(C#N)cc2)C1. The van der Waals surface area contributed by atoms with Gasteiger partial charge in [-0.3, -0.25) is 0 Å². The zero-order chi connectivity index (χ0) is 16.9. The number of alkyl carbamates (subject to hydrolysis) is 1. The van der Waals surface area contributed by atoms with Gasteiger partial charge in [-0.05, 0) is 70.2 Å². The van der Waals surface area contributed by atoms with Crippen molar-refractivity contribution in [3.8, 4) is 6.07 Å². The molecule has 5 nitrogen and oxygen atoms in total. The molecule has 0 saturated heterocycles. The molecular weight excluding hydrogens is 290 g/mol. The molecule has 1 aromatic rings. The number of carbonyl (C=O) groups excluding carboxylic acids is 1. The van der Waals surface area contributed by atoms with Gasteiger partial charge in [0.1, 0.15) is 5.60 Å². The van der Waals surface area contributed by atoms with Crippen LogP contribution in [0.1, 0.15) is 45.6 Å². The minimum atomic E-state index is -0.459. The van der Waals surface area contributed by atoms with E-state index < -0.39 is 5.60 Å². The van der Waals surface area contributed by atoms with E-state index in [2.05, 4.69) is 16.7 Å². The summed E-state index contributed by atoms with van der Waals surface area (Å²) < 4.78 is 5.29. The van der Waals surface area contributed by atoms with Crippen molar-refractivity contribution in [1.82, 2.24) is 5.32 Å². The van der Waals surface area contributed by atoms with Crippen molar-refractivity contribution in [3.63, 3.8) is 0 Å². The van der Waals surface area contributed by atoms with Gasteiger partial charge in [-0.2, -0.15) is 5.26 Å². The fourth-order valence-electron chi connectivity index (χ4n) is 2.79. The van der Waals surface area contributed by atoms with Crippen LogP contribution in [0, 0.1) is 17.2 Å². The zero-order valence-corrected chi connectivity index (χ0v) is 14.1.